The van der Waals surface area contributed by atoms with E-state index >= 15 is 0 Å². The van der Waals surface area contributed by atoms with Gasteiger partial charge < -0.3 is 0 Å². The summed E-state index contributed by atoms with van der Waals surface area (Å²) in [4.78, 5) is 0. The number of hydrazine groups is 1. The van der Waals surface area contributed by atoms with E-state index < -0.39 is 0 Å². The quantitative estimate of drug-likeness (QED) is 0.560. The van der Waals surface area contributed by atoms with Crippen LogP contribution in [0.3, 0.4) is 0 Å². The van der Waals surface area contributed by atoms with Gasteiger partial charge in [-0.1, -0.05) is 6.08 Å². The zero-order valence-electron chi connectivity index (χ0n) is 6.83. The van der Waals surface area contributed by atoms with Gasteiger partial charge in [0.15, 0.2) is 0 Å². The van der Waals surface area contributed by atoms with E-state index in [0.29, 0.717) is 6.04 Å². The van der Waals surface area contributed by atoms with Gasteiger partial charge >= 0.3 is 0 Å². The molecule has 11 heavy (non-hydrogen) atoms. The molecule has 0 aliphatic carbocycles. The number of hydrogen-bond acceptors (Lipinski definition) is 2. The number of nitrogens with zero attached hydrogens (tertiary/aromatic N) is 1. The Bertz CT molecular complexity index is 261. The zero-order chi connectivity index (χ0) is 7.84. The largest absolute Gasteiger partial charge is 0.284 e. The van der Waals surface area contributed by atoms with Crippen molar-refractivity contribution in [2.75, 3.05) is 0 Å². The molecule has 0 saturated heterocycles. The molecule has 0 aromatic rings. The highest BCUT2D eigenvalue weighted by atomic mass is 15.5. The van der Waals surface area contributed by atoms with Gasteiger partial charge in [-0.25, -0.2) is 5.43 Å². The smallest absolute Gasteiger partial charge is 0.0547 e. The first-order valence-electron chi connectivity index (χ1n) is 3.89. The van der Waals surface area contributed by atoms with Crippen molar-refractivity contribution in [3.8, 4) is 0 Å². The summed E-state index contributed by atoms with van der Waals surface area (Å²) in [6, 6.07) is 0.455. The molecule has 1 N–H and O–H groups in total. The second-order valence-electron chi connectivity index (χ2n) is 3.09. The second kappa shape index (κ2) is 2.24. The molecule has 0 spiro atoms. The van der Waals surface area contributed by atoms with Gasteiger partial charge in [0, 0.05) is 12.2 Å². The molecule has 1 unspecified atom stereocenters. The van der Waals surface area contributed by atoms with Crippen molar-refractivity contribution < 1.29 is 0 Å². The molecule has 0 amide bonds. The van der Waals surface area contributed by atoms with E-state index in [0.717, 1.165) is 0 Å². The summed E-state index contributed by atoms with van der Waals surface area (Å²) in [6.07, 6.45) is 8.57. The van der Waals surface area contributed by atoms with Crippen molar-refractivity contribution in [3.63, 3.8) is 0 Å². The average Bonchev–Trinajstić information content (AvgIpc) is 2.27. The molecule has 58 valence electrons. The maximum Gasteiger partial charge on any atom is 0.0547 e. The highest BCUT2D eigenvalue weighted by molar-refractivity contribution is 5.35. The van der Waals surface area contributed by atoms with E-state index in [1.807, 2.05) is 0 Å². The number of fused-ring (bicyclic) bond motifs is 1. The summed E-state index contributed by atoms with van der Waals surface area (Å²) in [7, 11) is 0. The second-order valence-corrected chi connectivity index (χ2v) is 3.09. The first kappa shape index (κ1) is 6.68. The summed E-state index contributed by atoms with van der Waals surface area (Å²) in [5, 5.41) is 2.07. The molecule has 2 nitrogen and oxygen atoms in total. The molecule has 2 rings (SSSR count). The monoisotopic (exact) mass is 148 g/mol. The van der Waals surface area contributed by atoms with E-state index in [9.17, 15) is 0 Å². The van der Waals surface area contributed by atoms with Crippen LogP contribution in [-0.2, 0) is 0 Å². The van der Waals surface area contributed by atoms with Crippen molar-refractivity contribution >= 4 is 0 Å². The lowest BCUT2D eigenvalue weighted by atomic mass is 10.2. The van der Waals surface area contributed by atoms with Crippen LogP contribution >= 0.6 is 0 Å². The third-order valence-electron chi connectivity index (χ3n) is 1.89. The summed E-state index contributed by atoms with van der Waals surface area (Å²) in [5.74, 6) is 0. The lowest BCUT2D eigenvalue weighted by molar-refractivity contribution is 0.357. The molecule has 0 radical (unpaired) electrons. The third kappa shape index (κ3) is 1.10. The lowest BCUT2D eigenvalue weighted by Gasteiger charge is -2.20. The first-order chi connectivity index (χ1) is 5.25. The van der Waals surface area contributed by atoms with Crippen LogP contribution in [0.25, 0.3) is 0 Å². The molecule has 0 aromatic carbocycles. The molecule has 2 heteroatoms. The molecule has 0 fully saturated rings. The van der Waals surface area contributed by atoms with Crippen LogP contribution in [0.15, 0.2) is 35.7 Å². The zero-order valence-corrected chi connectivity index (χ0v) is 6.83. The number of allylic oxidation sites excluding steroid dienone is 3. The Morgan fingerprint density at radius 2 is 2.27 bits per heavy atom. The minimum Gasteiger partial charge on any atom is -0.284 e. The van der Waals surface area contributed by atoms with E-state index in [4.69, 9.17) is 0 Å². The summed E-state index contributed by atoms with van der Waals surface area (Å²) < 4.78 is 0. The van der Waals surface area contributed by atoms with E-state index in [1.165, 1.54) is 11.3 Å². The van der Waals surface area contributed by atoms with Gasteiger partial charge in [-0.3, -0.25) is 5.01 Å². The Labute approximate surface area is 66.9 Å². The molecule has 0 aromatic heterocycles. The van der Waals surface area contributed by atoms with E-state index in [1.54, 1.807) is 0 Å². The van der Waals surface area contributed by atoms with Crippen LogP contribution in [0.1, 0.15) is 13.8 Å². The fraction of sp³-hybridized carbons (Fsp3) is 0.333. The first-order valence-corrected chi connectivity index (χ1v) is 3.89. The lowest BCUT2D eigenvalue weighted by Crippen LogP contribution is -2.32. The van der Waals surface area contributed by atoms with Gasteiger partial charge in [-0.05, 0) is 31.6 Å². The standard InChI is InChI=1S/C9H12N2/c1-7-3-4-9-5-8(2)10-11(9)6-7/h3-6,8,10H,1-2H3. The van der Waals surface area contributed by atoms with Crippen LogP contribution in [0.2, 0.25) is 0 Å². The topological polar surface area (TPSA) is 15.3 Å². The molecular weight excluding hydrogens is 136 g/mol. The van der Waals surface area contributed by atoms with Crippen molar-refractivity contribution in [2.24, 2.45) is 0 Å². The van der Waals surface area contributed by atoms with E-state index in [2.05, 4.69) is 48.7 Å². The normalized spacial score (nSPS) is 28.2. The fourth-order valence-electron chi connectivity index (χ4n) is 1.38. The Balaban J connectivity index is 2.29. The molecule has 0 bridgehead atoms. The molecule has 0 saturated carbocycles. The van der Waals surface area contributed by atoms with Gasteiger partial charge in [0.1, 0.15) is 0 Å². The van der Waals surface area contributed by atoms with Gasteiger partial charge in [-0.2, -0.15) is 0 Å². The molecular formula is C9H12N2. The number of rotatable bonds is 0. The van der Waals surface area contributed by atoms with Crippen LogP contribution in [-0.4, -0.2) is 11.1 Å². The highest BCUT2D eigenvalue weighted by Gasteiger charge is 2.17. The SMILES string of the molecule is CC1=CN2NC(C)C=C2C=C1. The summed E-state index contributed by atoms with van der Waals surface area (Å²) in [6.45, 7) is 4.24. The Kier molecular flexibility index (Phi) is 1.36. The molecule has 1 atom stereocenters. The van der Waals surface area contributed by atoms with Gasteiger partial charge in [0.05, 0.1) is 5.70 Å². The summed E-state index contributed by atoms with van der Waals surface area (Å²) >= 11 is 0. The number of nitrogens with one attached hydrogen (secondary N) is 1. The maximum absolute atomic E-state index is 3.30. The molecule has 2 aliphatic rings. The van der Waals surface area contributed by atoms with Gasteiger partial charge in [0.2, 0.25) is 0 Å². The fourth-order valence-corrected chi connectivity index (χ4v) is 1.38. The predicted molar refractivity (Wildman–Crippen MR) is 45.4 cm³/mol. The molecule has 2 heterocycles. The van der Waals surface area contributed by atoms with Crippen molar-refractivity contribution in [1.29, 1.82) is 0 Å². The van der Waals surface area contributed by atoms with Crippen LogP contribution in [0, 0.1) is 0 Å². The Hall–Kier alpha value is -1.02. The van der Waals surface area contributed by atoms with Gasteiger partial charge in [-0.15, -0.1) is 0 Å². The van der Waals surface area contributed by atoms with Crippen molar-refractivity contribution in [3.05, 3.63) is 35.7 Å². The van der Waals surface area contributed by atoms with Crippen LogP contribution in [0.4, 0.5) is 0 Å². The Morgan fingerprint density at radius 1 is 1.45 bits per heavy atom. The molecule has 2 aliphatic heterocycles. The van der Waals surface area contributed by atoms with E-state index in [-0.39, 0.29) is 0 Å². The minimum absolute atomic E-state index is 0.455. The highest BCUT2D eigenvalue weighted by Crippen LogP contribution is 2.19. The van der Waals surface area contributed by atoms with Crippen LogP contribution < -0.4 is 5.43 Å². The van der Waals surface area contributed by atoms with Gasteiger partial charge in [0.25, 0.3) is 0 Å². The minimum atomic E-state index is 0.455. The maximum atomic E-state index is 3.30. The van der Waals surface area contributed by atoms with Crippen LogP contribution in [0.5, 0.6) is 0 Å². The summed E-state index contributed by atoms with van der Waals surface area (Å²) in [5.41, 5.74) is 5.83. The third-order valence-corrected chi connectivity index (χ3v) is 1.89. The van der Waals surface area contributed by atoms with Crippen molar-refractivity contribution in [1.82, 2.24) is 10.4 Å². The predicted octanol–water partition coefficient (Wildman–Crippen LogP) is 1.55. The Morgan fingerprint density at radius 3 is 3.09 bits per heavy atom. The number of hydrogen-bond donors (Lipinski definition) is 1. The average molecular weight is 148 g/mol. The van der Waals surface area contributed by atoms with Crippen molar-refractivity contribution in [2.45, 2.75) is 19.9 Å².